The van der Waals surface area contributed by atoms with Gasteiger partial charge in [0.2, 0.25) is 5.91 Å². The van der Waals surface area contributed by atoms with Crippen molar-refractivity contribution in [3.8, 4) is 0 Å². The Kier molecular flexibility index (Phi) is 4.41. The van der Waals surface area contributed by atoms with Gasteiger partial charge in [0, 0.05) is 31.1 Å². The van der Waals surface area contributed by atoms with Gasteiger partial charge in [-0.15, -0.1) is 4.40 Å². The molecule has 1 atom stereocenters. The Morgan fingerprint density at radius 3 is 2.48 bits per heavy atom. The van der Waals surface area contributed by atoms with Crippen LogP contribution >= 0.6 is 0 Å². The highest BCUT2D eigenvalue weighted by atomic mass is 32.2. The minimum Gasteiger partial charge on any atom is -0.480 e. The molecule has 2 fully saturated rings. The molecule has 0 spiro atoms. The monoisotopic (exact) mass is 391 g/mol. The molecule has 0 saturated carbocycles. The second kappa shape index (κ2) is 6.63. The average molecular weight is 391 g/mol. The van der Waals surface area contributed by atoms with Crippen LogP contribution in [0.1, 0.15) is 31.2 Å². The molecule has 3 aliphatic rings. The largest absolute Gasteiger partial charge is 0.480 e. The van der Waals surface area contributed by atoms with E-state index in [9.17, 15) is 23.1 Å². The molecule has 0 radical (unpaired) electrons. The van der Waals surface area contributed by atoms with Crippen LogP contribution in [0.25, 0.3) is 0 Å². The van der Waals surface area contributed by atoms with Crippen molar-refractivity contribution in [1.82, 2.24) is 9.80 Å². The number of nitrogens with zero attached hydrogens (tertiary/aromatic N) is 3. The highest BCUT2D eigenvalue weighted by Gasteiger charge is 2.39. The zero-order valence-electron chi connectivity index (χ0n) is 14.7. The molecule has 144 valence electrons. The van der Waals surface area contributed by atoms with Gasteiger partial charge in [0.05, 0.1) is 0 Å². The van der Waals surface area contributed by atoms with Crippen LogP contribution < -0.4 is 0 Å². The summed E-state index contributed by atoms with van der Waals surface area (Å²) in [6, 6.07) is 6.04. The molecule has 4 rings (SSSR count). The third-order valence-electron chi connectivity index (χ3n) is 5.58. The van der Waals surface area contributed by atoms with Crippen molar-refractivity contribution < 1.29 is 23.1 Å². The van der Waals surface area contributed by atoms with E-state index < -0.39 is 22.0 Å². The van der Waals surface area contributed by atoms with Crippen molar-refractivity contribution in [3.63, 3.8) is 0 Å². The van der Waals surface area contributed by atoms with E-state index in [1.807, 2.05) is 4.90 Å². The highest BCUT2D eigenvalue weighted by molar-refractivity contribution is 7.90. The minimum absolute atomic E-state index is 0.0964. The lowest BCUT2D eigenvalue weighted by Gasteiger charge is -2.35. The Balaban J connectivity index is 1.46. The molecule has 3 heterocycles. The summed E-state index contributed by atoms with van der Waals surface area (Å²) < 4.78 is 28.4. The molecule has 0 bridgehead atoms. The lowest BCUT2D eigenvalue weighted by molar-refractivity contribution is -0.150. The topological polar surface area (TPSA) is 107 Å². The fraction of sp³-hybridized carbons (Fsp3) is 0.500. The number of aliphatic carboxylic acids is 1. The number of sulfonamides is 1. The Hall–Kier alpha value is -2.42. The molecule has 2 saturated heterocycles. The smallest absolute Gasteiger partial charge is 0.326 e. The van der Waals surface area contributed by atoms with Crippen LogP contribution in [0.4, 0.5) is 0 Å². The first-order valence-corrected chi connectivity index (χ1v) is 10.5. The first-order chi connectivity index (χ1) is 12.9. The van der Waals surface area contributed by atoms with E-state index in [1.54, 1.807) is 24.3 Å². The Morgan fingerprint density at radius 1 is 1.07 bits per heavy atom. The summed E-state index contributed by atoms with van der Waals surface area (Å²) in [5.74, 6) is -0.822. The second-order valence-electron chi connectivity index (χ2n) is 7.18. The minimum atomic E-state index is -3.66. The number of amides is 1. The zero-order chi connectivity index (χ0) is 19.2. The number of carboxylic acids is 1. The van der Waals surface area contributed by atoms with Crippen molar-refractivity contribution in [1.29, 1.82) is 0 Å². The second-order valence-corrected chi connectivity index (χ2v) is 8.75. The van der Waals surface area contributed by atoms with Crippen LogP contribution in [-0.2, 0) is 19.6 Å². The molecular formula is C18H21N3O5S. The van der Waals surface area contributed by atoms with Gasteiger partial charge in [-0.25, -0.2) is 4.79 Å². The fourth-order valence-electron chi connectivity index (χ4n) is 4.18. The van der Waals surface area contributed by atoms with E-state index in [-0.39, 0.29) is 16.7 Å². The number of carbonyl (C=O) groups is 2. The third kappa shape index (κ3) is 3.09. The Morgan fingerprint density at radius 2 is 1.78 bits per heavy atom. The van der Waals surface area contributed by atoms with Crippen molar-refractivity contribution in [2.45, 2.75) is 36.6 Å². The fourth-order valence-corrected chi connectivity index (χ4v) is 5.40. The standard InChI is InChI=1S/C18H21N3O5S/c22-17(21-9-3-5-14(21)18(23)24)12-7-10-20(11-8-12)16-13-4-1-2-6-15(13)27(25,26)19-16/h1-2,4,6,12,14H,3,5,7-11H2,(H,23,24). The molecule has 1 aromatic rings. The maximum Gasteiger partial charge on any atom is 0.326 e. The maximum absolute atomic E-state index is 12.8. The molecule has 1 N–H and O–H groups in total. The van der Waals surface area contributed by atoms with Gasteiger partial charge in [-0.1, -0.05) is 12.1 Å². The van der Waals surface area contributed by atoms with Crippen LogP contribution in [0.15, 0.2) is 33.6 Å². The van der Waals surface area contributed by atoms with E-state index in [2.05, 4.69) is 4.40 Å². The number of rotatable bonds is 2. The van der Waals surface area contributed by atoms with Crippen LogP contribution in [0.5, 0.6) is 0 Å². The number of benzene rings is 1. The average Bonchev–Trinajstić information content (AvgIpc) is 3.25. The number of carbonyl (C=O) groups excluding carboxylic acids is 1. The quantitative estimate of drug-likeness (QED) is 0.803. The van der Waals surface area contributed by atoms with Gasteiger partial charge < -0.3 is 14.9 Å². The molecular weight excluding hydrogens is 370 g/mol. The number of piperidine rings is 1. The zero-order valence-corrected chi connectivity index (χ0v) is 15.6. The Bertz CT molecular complexity index is 919. The van der Waals surface area contributed by atoms with Crippen molar-refractivity contribution in [3.05, 3.63) is 29.8 Å². The summed E-state index contributed by atoms with van der Waals surface area (Å²) in [5, 5.41) is 9.28. The predicted molar refractivity (Wildman–Crippen MR) is 96.8 cm³/mol. The van der Waals surface area contributed by atoms with Crippen LogP contribution in [-0.4, -0.2) is 66.7 Å². The number of hydrogen-bond acceptors (Lipinski definition) is 5. The van der Waals surface area contributed by atoms with Gasteiger partial charge in [0.1, 0.15) is 10.9 Å². The summed E-state index contributed by atoms with van der Waals surface area (Å²) in [6.45, 7) is 1.53. The summed E-state index contributed by atoms with van der Waals surface area (Å²) in [6.07, 6.45) is 2.34. The van der Waals surface area contributed by atoms with Crippen LogP contribution in [0.3, 0.4) is 0 Å². The van der Waals surface area contributed by atoms with E-state index >= 15 is 0 Å². The van der Waals surface area contributed by atoms with Crippen molar-refractivity contribution >= 4 is 27.7 Å². The van der Waals surface area contributed by atoms with Gasteiger partial charge in [0.15, 0.2) is 5.84 Å². The summed E-state index contributed by atoms with van der Waals surface area (Å²) in [7, 11) is -3.66. The summed E-state index contributed by atoms with van der Waals surface area (Å²) in [4.78, 5) is 27.7. The summed E-state index contributed by atoms with van der Waals surface area (Å²) in [5.41, 5.74) is 0.604. The van der Waals surface area contributed by atoms with E-state index in [0.29, 0.717) is 56.7 Å². The number of carboxylic acid groups (broad SMARTS) is 1. The van der Waals surface area contributed by atoms with Gasteiger partial charge in [-0.2, -0.15) is 8.42 Å². The highest BCUT2D eigenvalue weighted by Crippen LogP contribution is 2.31. The van der Waals surface area contributed by atoms with Gasteiger partial charge >= 0.3 is 5.97 Å². The molecule has 27 heavy (non-hydrogen) atoms. The molecule has 1 amide bonds. The maximum atomic E-state index is 12.8. The molecule has 1 unspecified atom stereocenters. The normalized spacial score (nSPS) is 24.6. The van der Waals surface area contributed by atoms with E-state index in [4.69, 9.17) is 0 Å². The number of likely N-dealkylation sites (tertiary alicyclic amines) is 2. The summed E-state index contributed by atoms with van der Waals surface area (Å²) >= 11 is 0. The van der Waals surface area contributed by atoms with Gasteiger partial charge in [-0.3, -0.25) is 4.79 Å². The van der Waals surface area contributed by atoms with Crippen LogP contribution in [0.2, 0.25) is 0 Å². The molecule has 0 aliphatic carbocycles. The first kappa shape index (κ1) is 18.0. The van der Waals surface area contributed by atoms with Crippen molar-refractivity contribution in [2.24, 2.45) is 10.3 Å². The van der Waals surface area contributed by atoms with Crippen molar-refractivity contribution in [2.75, 3.05) is 19.6 Å². The SMILES string of the molecule is O=C(O)C1CCCN1C(=O)C1CCN(C2=NS(=O)(=O)c3ccccc32)CC1. The number of amidine groups is 1. The molecule has 0 aromatic heterocycles. The first-order valence-electron chi connectivity index (χ1n) is 9.11. The van der Waals surface area contributed by atoms with Gasteiger partial charge in [-0.05, 0) is 37.8 Å². The Labute approximate surface area is 157 Å². The van der Waals surface area contributed by atoms with Crippen LogP contribution in [0, 0.1) is 5.92 Å². The molecule has 1 aromatic carbocycles. The third-order valence-corrected chi connectivity index (χ3v) is 6.90. The lowest BCUT2D eigenvalue weighted by Crippen LogP contribution is -2.47. The molecule has 3 aliphatic heterocycles. The number of fused-ring (bicyclic) bond motifs is 1. The van der Waals surface area contributed by atoms with E-state index in [0.717, 1.165) is 0 Å². The molecule has 9 heteroatoms. The lowest BCUT2D eigenvalue weighted by atomic mass is 9.94. The van der Waals surface area contributed by atoms with E-state index in [1.165, 1.54) is 4.90 Å². The molecule has 8 nitrogen and oxygen atoms in total. The predicted octanol–water partition coefficient (Wildman–Crippen LogP) is 0.923. The number of hydrogen-bond donors (Lipinski definition) is 1. The van der Waals surface area contributed by atoms with Gasteiger partial charge in [0.25, 0.3) is 10.0 Å².